The molecular formula is C19H22N2O4. The molecule has 1 aromatic heterocycles. The number of aryl methyl sites for hydroxylation is 1. The lowest BCUT2D eigenvalue weighted by Crippen LogP contribution is -2.51. The Morgan fingerprint density at radius 2 is 2.12 bits per heavy atom. The van der Waals surface area contributed by atoms with E-state index in [1.165, 1.54) is 4.90 Å². The minimum Gasteiger partial charge on any atom is -0.478 e. The quantitative estimate of drug-likeness (QED) is 0.907. The first-order valence-corrected chi connectivity index (χ1v) is 8.33. The zero-order chi connectivity index (χ0) is 18.0. The molecule has 2 amide bonds. The second kappa shape index (κ2) is 7.01. The van der Waals surface area contributed by atoms with Crippen LogP contribution >= 0.6 is 0 Å². The van der Waals surface area contributed by atoms with Crippen LogP contribution in [0.15, 0.2) is 41.0 Å². The molecule has 0 bridgehead atoms. The Balaban J connectivity index is 1.79. The molecule has 2 heterocycles. The van der Waals surface area contributed by atoms with Gasteiger partial charge >= 0.3 is 0 Å². The first kappa shape index (κ1) is 17.1. The molecule has 0 saturated carbocycles. The summed E-state index contributed by atoms with van der Waals surface area (Å²) >= 11 is 0. The van der Waals surface area contributed by atoms with Crippen LogP contribution in [0.25, 0.3) is 0 Å². The summed E-state index contributed by atoms with van der Waals surface area (Å²) in [5.41, 5.74) is 1.63. The molecule has 0 saturated heterocycles. The van der Waals surface area contributed by atoms with Gasteiger partial charge in [-0.15, -0.1) is 0 Å². The molecule has 6 nitrogen and oxygen atoms in total. The Hall–Kier alpha value is -2.76. The first-order chi connectivity index (χ1) is 12.0. The number of hydrogen-bond acceptors (Lipinski definition) is 4. The average molecular weight is 342 g/mol. The van der Waals surface area contributed by atoms with Gasteiger partial charge in [0.05, 0.1) is 18.5 Å². The van der Waals surface area contributed by atoms with Gasteiger partial charge < -0.3 is 14.5 Å². The summed E-state index contributed by atoms with van der Waals surface area (Å²) in [5, 5.41) is 2.78. The van der Waals surface area contributed by atoms with Crippen LogP contribution in [0.2, 0.25) is 0 Å². The van der Waals surface area contributed by atoms with Gasteiger partial charge in [0.1, 0.15) is 18.1 Å². The van der Waals surface area contributed by atoms with Crippen molar-refractivity contribution >= 4 is 17.5 Å². The van der Waals surface area contributed by atoms with Gasteiger partial charge in [-0.3, -0.25) is 14.5 Å². The molecule has 0 aliphatic carbocycles. The maximum absolute atomic E-state index is 12.8. The van der Waals surface area contributed by atoms with E-state index >= 15 is 0 Å². The molecule has 6 heteroatoms. The molecular weight excluding hydrogens is 320 g/mol. The van der Waals surface area contributed by atoms with Gasteiger partial charge in [-0.25, -0.2) is 0 Å². The molecule has 132 valence electrons. The van der Waals surface area contributed by atoms with Crippen LogP contribution in [0.3, 0.4) is 0 Å². The van der Waals surface area contributed by atoms with Crippen molar-refractivity contribution < 1.29 is 18.7 Å². The van der Waals surface area contributed by atoms with E-state index in [4.69, 9.17) is 9.15 Å². The third-order valence-corrected chi connectivity index (χ3v) is 4.12. The second-order valence-corrected chi connectivity index (χ2v) is 6.53. The highest BCUT2D eigenvalue weighted by Gasteiger charge is 2.37. The summed E-state index contributed by atoms with van der Waals surface area (Å²) in [6.07, 6.45) is 0.965. The highest BCUT2D eigenvalue weighted by molar-refractivity contribution is 6.04. The van der Waals surface area contributed by atoms with E-state index in [0.29, 0.717) is 23.7 Å². The maximum Gasteiger partial charge on any atom is 0.268 e. The molecule has 3 rings (SSSR count). The average Bonchev–Trinajstić information content (AvgIpc) is 3.09. The Kier molecular flexibility index (Phi) is 4.79. The molecule has 0 fully saturated rings. The van der Waals surface area contributed by atoms with Crippen molar-refractivity contribution in [1.29, 1.82) is 0 Å². The van der Waals surface area contributed by atoms with Crippen molar-refractivity contribution in [1.82, 2.24) is 5.32 Å². The Labute approximate surface area is 146 Å². The molecule has 0 spiro atoms. The smallest absolute Gasteiger partial charge is 0.268 e. The maximum atomic E-state index is 12.8. The van der Waals surface area contributed by atoms with Crippen LogP contribution in [0.4, 0.5) is 5.69 Å². The lowest BCUT2D eigenvalue weighted by Gasteiger charge is -2.35. The normalized spacial score (nSPS) is 16.6. The van der Waals surface area contributed by atoms with Gasteiger partial charge in [-0.05, 0) is 42.7 Å². The highest BCUT2D eigenvalue weighted by atomic mass is 16.5. The minimum atomic E-state index is -0.590. The molecule has 1 aliphatic heterocycles. The highest BCUT2D eigenvalue weighted by Crippen LogP contribution is 2.36. The van der Waals surface area contributed by atoms with Crippen molar-refractivity contribution in [2.24, 2.45) is 5.92 Å². The molecule has 1 atom stereocenters. The van der Waals surface area contributed by atoms with E-state index in [1.807, 2.05) is 39.0 Å². The summed E-state index contributed by atoms with van der Waals surface area (Å²) in [6.45, 7) is 6.03. The lowest BCUT2D eigenvalue weighted by atomic mass is 10.0. The molecule has 0 radical (unpaired) electrons. The molecule has 1 N–H and O–H groups in total. The molecule has 1 aromatic carbocycles. The number of hydrogen-bond donors (Lipinski definition) is 1. The first-order valence-electron chi connectivity index (χ1n) is 8.33. The fourth-order valence-electron chi connectivity index (χ4n) is 2.78. The molecule has 1 aliphatic rings. The fourth-order valence-corrected chi connectivity index (χ4v) is 2.78. The summed E-state index contributed by atoms with van der Waals surface area (Å²) < 4.78 is 11.1. The number of benzene rings is 1. The minimum absolute atomic E-state index is 0.00985. The van der Waals surface area contributed by atoms with Crippen molar-refractivity contribution in [2.75, 3.05) is 11.4 Å². The number of rotatable bonds is 5. The number of amides is 2. The summed E-state index contributed by atoms with van der Waals surface area (Å²) in [7, 11) is 0. The molecule has 25 heavy (non-hydrogen) atoms. The third-order valence-electron chi connectivity index (χ3n) is 4.12. The lowest BCUT2D eigenvalue weighted by molar-refractivity contribution is -0.130. The number of nitrogens with zero attached hydrogens (tertiary/aromatic N) is 1. The van der Waals surface area contributed by atoms with Crippen molar-refractivity contribution in [2.45, 2.75) is 33.4 Å². The van der Waals surface area contributed by atoms with Gasteiger partial charge in [0.15, 0.2) is 6.10 Å². The van der Waals surface area contributed by atoms with Gasteiger partial charge in [0.2, 0.25) is 5.91 Å². The number of ether oxygens (including phenoxy) is 1. The number of carbonyl (C=O) groups excluding carboxylic acids is 2. The van der Waals surface area contributed by atoms with Crippen LogP contribution in [0.1, 0.15) is 25.2 Å². The molecule has 0 unspecified atom stereocenters. The van der Waals surface area contributed by atoms with Crippen LogP contribution in [-0.2, 0) is 16.1 Å². The van der Waals surface area contributed by atoms with E-state index in [0.717, 1.165) is 5.56 Å². The van der Waals surface area contributed by atoms with Gasteiger partial charge in [-0.2, -0.15) is 0 Å². The van der Waals surface area contributed by atoms with E-state index in [9.17, 15) is 9.59 Å². The standard InChI is InChI=1S/C19H22N2O4/c1-12(2)18-19(23)21(15-9-13(3)6-7-16(15)25-18)11-17(22)20-10-14-5-4-8-24-14/h4-9,12,18H,10-11H2,1-3H3,(H,20,22)/t18-/m0/s1. The van der Waals surface area contributed by atoms with Crippen LogP contribution in [0, 0.1) is 12.8 Å². The van der Waals surface area contributed by atoms with Crippen LogP contribution < -0.4 is 15.0 Å². The predicted octanol–water partition coefficient (Wildman–Crippen LogP) is 2.65. The number of fused-ring (bicyclic) bond motifs is 1. The van der Waals surface area contributed by atoms with Crippen molar-refractivity contribution in [3.8, 4) is 5.75 Å². The van der Waals surface area contributed by atoms with E-state index in [-0.39, 0.29) is 24.3 Å². The SMILES string of the molecule is Cc1ccc2c(c1)N(CC(=O)NCc1ccco1)C(=O)[C@H](C(C)C)O2. The number of anilines is 1. The Morgan fingerprint density at radius 3 is 2.80 bits per heavy atom. The van der Waals surface area contributed by atoms with Crippen molar-refractivity contribution in [3.63, 3.8) is 0 Å². The topological polar surface area (TPSA) is 71.8 Å². The third kappa shape index (κ3) is 3.68. The number of carbonyl (C=O) groups is 2. The Bertz CT molecular complexity index is 768. The predicted molar refractivity (Wildman–Crippen MR) is 93.3 cm³/mol. The second-order valence-electron chi connectivity index (χ2n) is 6.53. The zero-order valence-electron chi connectivity index (χ0n) is 14.6. The largest absolute Gasteiger partial charge is 0.478 e. The Morgan fingerprint density at radius 1 is 1.32 bits per heavy atom. The van der Waals surface area contributed by atoms with Crippen LogP contribution in [-0.4, -0.2) is 24.5 Å². The van der Waals surface area contributed by atoms with E-state index < -0.39 is 6.10 Å². The van der Waals surface area contributed by atoms with Crippen molar-refractivity contribution in [3.05, 3.63) is 47.9 Å². The van der Waals surface area contributed by atoms with Crippen LogP contribution in [0.5, 0.6) is 5.75 Å². The van der Waals surface area contributed by atoms with E-state index in [1.54, 1.807) is 18.4 Å². The number of furan rings is 1. The molecule has 2 aromatic rings. The van der Waals surface area contributed by atoms with Gasteiger partial charge in [-0.1, -0.05) is 19.9 Å². The fraction of sp³-hybridized carbons (Fsp3) is 0.368. The summed E-state index contributed by atoms with van der Waals surface area (Å²) in [4.78, 5) is 26.7. The van der Waals surface area contributed by atoms with Gasteiger partial charge in [0, 0.05) is 0 Å². The summed E-state index contributed by atoms with van der Waals surface area (Å²) in [6, 6.07) is 9.19. The number of nitrogens with one attached hydrogen (secondary N) is 1. The zero-order valence-corrected chi connectivity index (χ0v) is 14.6. The van der Waals surface area contributed by atoms with E-state index in [2.05, 4.69) is 5.32 Å². The van der Waals surface area contributed by atoms with Gasteiger partial charge in [0.25, 0.3) is 5.91 Å². The monoisotopic (exact) mass is 342 g/mol. The summed E-state index contributed by atoms with van der Waals surface area (Å²) in [5.74, 6) is 0.860.